The maximum absolute atomic E-state index is 14.5. The molecule has 108 heavy (non-hydrogen) atoms. The SMILES string of the molecule is CC1(C)[C@H]2CC[C@]1(c1cncc(-c3nc(CS(C)(=N)=O)co3)n1)c1nnc(-c3c(F)cccc3F)cc12.CS(=O)Cc1coc(-c2cncc([C@@]34CC[C@@H](c5cc(-c6c(F)cccc6F)nnc53)C4(C)C)n2)n1.CSCc1coc(-c2cncc([C@@]34CC[C@@H](c5cc(-c6c(F)cccc6F)nnc53)C4(C)C)n2)n1. The lowest BCUT2D eigenvalue weighted by Crippen LogP contribution is -2.38. The Morgan fingerprint density at radius 3 is 1.11 bits per heavy atom. The van der Waals surface area contributed by atoms with Crippen LogP contribution in [0, 0.1) is 55.9 Å². The average Bonchev–Trinajstić information content (AvgIpc) is 1.53. The Kier molecular flexibility index (Phi) is 17.7. The Hall–Kier alpha value is -10.2. The summed E-state index contributed by atoms with van der Waals surface area (Å²) in [7, 11) is -3.82. The number of rotatable bonds is 15. The number of thioether (sulfide) groups is 1. The highest BCUT2D eigenvalue weighted by Crippen LogP contribution is 2.72. The van der Waals surface area contributed by atoms with Crippen LogP contribution >= 0.6 is 11.8 Å². The molecule has 3 aromatic carbocycles. The van der Waals surface area contributed by atoms with Crippen LogP contribution in [0.25, 0.3) is 68.5 Å². The lowest BCUT2D eigenvalue weighted by atomic mass is 9.66. The molecule has 18 rings (SSSR count). The highest BCUT2D eigenvalue weighted by molar-refractivity contribution is 7.97. The third-order valence-electron chi connectivity index (χ3n) is 23.4. The monoisotopic (exact) mass is 1520 g/mol. The van der Waals surface area contributed by atoms with Crippen molar-refractivity contribution in [3.63, 3.8) is 0 Å². The minimum Gasteiger partial charge on any atom is -0.443 e. The average molecular weight is 1520 g/mol. The molecule has 6 aliphatic rings. The smallest absolute Gasteiger partial charge is 0.246 e. The van der Waals surface area contributed by atoms with Gasteiger partial charge in [-0.05, 0) is 150 Å². The molecule has 12 aromatic rings. The van der Waals surface area contributed by atoms with Crippen LogP contribution in [-0.4, -0.2) is 103 Å². The van der Waals surface area contributed by atoms with Gasteiger partial charge in [0.2, 0.25) is 17.7 Å². The van der Waals surface area contributed by atoms with Crippen molar-refractivity contribution in [3.8, 4) is 68.5 Å². The quantitative estimate of drug-likeness (QED) is 0.0933. The molecule has 6 aliphatic carbocycles. The van der Waals surface area contributed by atoms with E-state index in [1.807, 2.05) is 6.26 Å². The molecule has 8 atom stereocenters. The van der Waals surface area contributed by atoms with E-state index >= 15 is 0 Å². The maximum Gasteiger partial charge on any atom is 0.246 e. The van der Waals surface area contributed by atoms with Gasteiger partial charge < -0.3 is 13.3 Å². The Morgan fingerprint density at radius 1 is 0.472 bits per heavy atom. The van der Waals surface area contributed by atoms with Gasteiger partial charge in [0.15, 0.2) is 0 Å². The molecule has 0 spiro atoms. The predicted molar refractivity (Wildman–Crippen MR) is 390 cm³/mol. The summed E-state index contributed by atoms with van der Waals surface area (Å²) in [4.78, 5) is 41.4. The van der Waals surface area contributed by atoms with Crippen LogP contribution in [0.15, 0.2) is 142 Å². The van der Waals surface area contributed by atoms with Crippen LogP contribution in [0.2, 0.25) is 0 Å². The second-order valence-corrected chi connectivity index (χ2v) is 34.7. The number of benzene rings is 3. The van der Waals surface area contributed by atoms with E-state index in [0.29, 0.717) is 51.7 Å². The van der Waals surface area contributed by atoms with Crippen molar-refractivity contribution in [3.05, 3.63) is 232 Å². The number of fused-ring (bicyclic) bond motifs is 15. The first-order valence-electron chi connectivity index (χ1n) is 34.9. The molecule has 1 N–H and O–H groups in total. The van der Waals surface area contributed by atoms with Gasteiger partial charge in [-0.25, -0.2) is 60.5 Å². The highest BCUT2D eigenvalue weighted by Gasteiger charge is 2.68. The molecule has 3 saturated carbocycles. The molecule has 30 heteroatoms. The van der Waals surface area contributed by atoms with Crippen LogP contribution in [0.5, 0.6) is 0 Å². The molecule has 2 unspecified atom stereocenters. The van der Waals surface area contributed by atoms with Crippen molar-refractivity contribution >= 4 is 32.3 Å². The number of nitrogens with zero attached hydrogens (tertiary/aromatic N) is 15. The third-order valence-corrected chi connectivity index (χ3v) is 25.5. The molecule has 0 aliphatic heterocycles. The van der Waals surface area contributed by atoms with E-state index in [1.54, 1.807) is 79.7 Å². The zero-order valence-electron chi connectivity index (χ0n) is 60.0. The van der Waals surface area contributed by atoms with E-state index in [-0.39, 0.29) is 79.4 Å². The summed E-state index contributed by atoms with van der Waals surface area (Å²) in [6.45, 7) is 13.0. The molecule has 6 bridgehead atoms. The van der Waals surface area contributed by atoms with Gasteiger partial charge in [-0.2, -0.15) is 27.1 Å². The Balaban J connectivity index is 0.000000124. The number of nitrogens with one attached hydrogen (secondary N) is 1. The minimum absolute atomic E-state index is 0.0177. The number of oxazole rings is 3. The summed E-state index contributed by atoms with van der Waals surface area (Å²) in [6.07, 6.45) is 24.5. The Morgan fingerprint density at radius 2 is 0.787 bits per heavy atom. The van der Waals surface area contributed by atoms with Crippen LogP contribution < -0.4 is 0 Å². The van der Waals surface area contributed by atoms with Crippen LogP contribution in [-0.2, 0) is 54.0 Å². The van der Waals surface area contributed by atoms with Crippen molar-refractivity contribution in [1.82, 2.24) is 75.4 Å². The number of hydrogen-bond acceptors (Lipinski definition) is 22. The molecule has 0 amide bonds. The van der Waals surface area contributed by atoms with Crippen LogP contribution in [0.3, 0.4) is 0 Å². The fraction of sp³-hybridized carbons (Fsp3) is 0.346. The first-order chi connectivity index (χ1) is 51.6. The van der Waals surface area contributed by atoms with E-state index in [9.17, 15) is 34.8 Å². The predicted octanol–water partition coefficient (Wildman–Crippen LogP) is 16.1. The van der Waals surface area contributed by atoms with E-state index < -0.39 is 71.7 Å². The summed E-state index contributed by atoms with van der Waals surface area (Å²) in [5.74, 6) is -1.63. The summed E-state index contributed by atoms with van der Waals surface area (Å²) < 4.78 is 135. The van der Waals surface area contributed by atoms with Crippen LogP contribution in [0.4, 0.5) is 26.3 Å². The van der Waals surface area contributed by atoms with Crippen molar-refractivity contribution < 1.29 is 48.0 Å². The largest absolute Gasteiger partial charge is 0.443 e. The van der Waals surface area contributed by atoms with E-state index in [1.165, 1.54) is 73.4 Å². The highest BCUT2D eigenvalue weighted by atomic mass is 32.2. The van der Waals surface area contributed by atoms with Gasteiger partial charge in [0.05, 0.1) is 131 Å². The van der Waals surface area contributed by atoms with Crippen molar-refractivity contribution in [2.24, 2.45) is 16.2 Å². The van der Waals surface area contributed by atoms with E-state index in [2.05, 4.69) is 102 Å². The molecule has 21 nitrogen and oxygen atoms in total. The first-order valence-corrected chi connectivity index (χ1v) is 40.2. The molecule has 552 valence electrons. The minimum atomic E-state index is -2.77. The zero-order chi connectivity index (χ0) is 75.8. The van der Waals surface area contributed by atoms with E-state index in [0.717, 1.165) is 95.1 Å². The van der Waals surface area contributed by atoms with Gasteiger partial charge >= 0.3 is 0 Å². The fourth-order valence-electron chi connectivity index (χ4n) is 18.4. The van der Waals surface area contributed by atoms with Crippen molar-refractivity contribution in [2.75, 3.05) is 18.8 Å². The second kappa shape index (κ2) is 26.6. The second-order valence-electron chi connectivity index (χ2n) is 30.1. The zero-order valence-corrected chi connectivity index (χ0v) is 62.4. The summed E-state index contributed by atoms with van der Waals surface area (Å²) in [5.41, 5.74) is 8.15. The van der Waals surface area contributed by atoms with Gasteiger partial charge in [-0.3, -0.25) is 23.9 Å². The standard InChI is InChI=1S/C26H24F2N6O2S.C26H23F2N5O2S.C26H23F2N5OS/c1-25(2)16-7-8-26(25,23-15(16)9-19(33-34-23)22-17(27)5-4-6-18(22)28)21-11-30-10-20(32-21)24-31-14(12-36-24)13-37(3,29)35;1-25(2)16-7-8-26(25,21-11-29-10-20(31-21)24-30-14(12-35-24)13-36(3)34)23-15(16)9-19(32-33-23)22-17(27)5-4-6-18(22)28;1-25(2)16-7-8-26(25,21-11-29-10-20(31-21)24-30-14(12-34-24)13-35-3)23-15(16)9-19(32-33-23)22-17(27)5-4-6-18(22)28/h4-6,9-12,16,29H,7-8,13H2,1-3H3;4-6,9-12,16H,7-8,13H2,1-3H3;4-6,9-12,16H,7-8,13H2,1-3H3/t16-,26-,37?;16-,26-,36?;16-,26-/m000/s1. The van der Waals surface area contributed by atoms with Gasteiger partial charge in [-0.15, -0.1) is 15.3 Å². The summed E-state index contributed by atoms with van der Waals surface area (Å²) in [6, 6.07) is 16.7. The van der Waals surface area contributed by atoms with Crippen molar-refractivity contribution in [1.29, 1.82) is 4.78 Å². The molecule has 0 saturated heterocycles. The number of halogens is 6. The number of hydrogen-bond donors (Lipinski definition) is 1. The maximum atomic E-state index is 14.5. The van der Waals surface area contributed by atoms with Gasteiger partial charge in [0, 0.05) is 57.4 Å². The Bertz CT molecular complexity index is 5700. The lowest BCUT2D eigenvalue weighted by molar-refractivity contribution is 0.242. The normalized spacial score (nSPS) is 22.5. The lowest BCUT2D eigenvalue weighted by Gasteiger charge is -2.37. The van der Waals surface area contributed by atoms with Gasteiger partial charge in [0.25, 0.3) is 0 Å². The molecular weight excluding hydrogens is 1450 g/mol. The summed E-state index contributed by atoms with van der Waals surface area (Å²) in [5, 5.41) is 26.5. The van der Waals surface area contributed by atoms with Crippen molar-refractivity contribution in [2.45, 2.75) is 131 Å². The van der Waals surface area contributed by atoms with Gasteiger partial charge in [-0.1, -0.05) is 59.7 Å². The number of aromatic nitrogens is 15. The molecule has 0 radical (unpaired) electrons. The van der Waals surface area contributed by atoms with Crippen LogP contribution in [0.1, 0.15) is 166 Å². The first kappa shape index (κ1) is 72.0. The topological polar surface area (TPSA) is 291 Å². The molecule has 3 fully saturated rings. The fourth-order valence-corrected chi connectivity index (χ4v) is 20.1. The molecule has 9 heterocycles. The third kappa shape index (κ3) is 11.4. The Labute approximate surface area is 623 Å². The van der Waals surface area contributed by atoms with E-state index in [4.69, 9.17) is 33.0 Å². The van der Waals surface area contributed by atoms with Gasteiger partial charge in [0.1, 0.15) is 70.8 Å². The summed E-state index contributed by atoms with van der Waals surface area (Å²) >= 11 is 1.67. The molecular formula is C78H70F6N16O5S3. The molecule has 9 aromatic heterocycles.